The second-order valence-corrected chi connectivity index (χ2v) is 4.88. The van der Waals surface area contributed by atoms with Gasteiger partial charge in [0, 0.05) is 24.0 Å². The van der Waals surface area contributed by atoms with Gasteiger partial charge in [-0.15, -0.1) is 0 Å². The molecule has 16 heavy (non-hydrogen) atoms. The van der Waals surface area contributed by atoms with Gasteiger partial charge < -0.3 is 0 Å². The predicted octanol–water partition coefficient (Wildman–Crippen LogP) is 3.15. The average Bonchev–Trinajstić information content (AvgIpc) is 2.64. The molecule has 0 N–H and O–H groups in total. The van der Waals surface area contributed by atoms with Crippen molar-refractivity contribution in [3.8, 4) is 0 Å². The van der Waals surface area contributed by atoms with Crippen molar-refractivity contribution in [3.63, 3.8) is 0 Å². The summed E-state index contributed by atoms with van der Waals surface area (Å²) in [5.74, 6) is 0. The number of hydrogen-bond acceptors (Lipinski definition) is 2. The first-order valence-electron chi connectivity index (χ1n) is 5.60. The quantitative estimate of drug-likeness (QED) is 0.784. The molecule has 2 nitrogen and oxygen atoms in total. The van der Waals surface area contributed by atoms with Gasteiger partial charge in [0.1, 0.15) is 0 Å². The Morgan fingerprint density at radius 1 is 1.56 bits per heavy atom. The monoisotopic (exact) mass is 236 g/mol. The van der Waals surface area contributed by atoms with Crippen LogP contribution in [0.5, 0.6) is 0 Å². The lowest BCUT2D eigenvalue weighted by molar-refractivity contribution is 0.365. The normalized spacial score (nSPS) is 21.3. The lowest BCUT2D eigenvalue weighted by atomic mass is 9.96. The zero-order valence-electron chi connectivity index (χ0n) is 9.83. The molecule has 2 rings (SSSR count). The minimum absolute atomic E-state index is 0.429. The van der Waals surface area contributed by atoms with E-state index in [0.717, 1.165) is 23.2 Å². The van der Waals surface area contributed by atoms with Gasteiger partial charge in [-0.2, -0.15) is 0 Å². The molecule has 1 saturated heterocycles. The molecule has 1 aromatic rings. The number of halogens is 1. The molecule has 0 aromatic carbocycles. The molecule has 1 atom stereocenters. The van der Waals surface area contributed by atoms with E-state index in [4.69, 9.17) is 11.6 Å². The van der Waals surface area contributed by atoms with Crippen molar-refractivity contribution in [2.45, 2.75) is 25.8 Å². The highest BCUT2D eigenvalue weighted by atomic mass is 35.5. The van der Waals surface area contributed by atoms with Crippen LogP contribution in [0, 0.1) is 6.92 Å². The number of aromatic nitrogens is 1. The summed E-state index contributed by atoms with van der Waals surface area (Å²) in [6.45, 7) is 7.41. The molecule has 0 radical (unpaired) electrons. The fraction of sp³-hybridized carbons (Fsp3) is 0.462. The van der Waals surface area contributed by atoms with Crippen LogP contribution in [0.4, 0.5) is 0 Å². The Bertz CT molecular complexity index is 394. The Morgan fingerprint density at radius 3 is 2.88 bits per heavy atom. The van der Waals surface area contributed by atoms with Gasteiger partial charge in [0.25, 0.3) is 0 Å². The molecule has 2 heterocycles. The second kappa shape index (κ2) is 4.56. The van der Waals surface area contributed by atoms with Crippen molar-refractivity contribution < 1.29 is 0 Å². The van der Waals surface area contributed by atoms with E-state index < -0.39 is 0 Å². The summed E-state index contributed by atoms with van der Waals surface area (Å²) < 4.78 is 0. The van der Waals surface area contributed by atoms with E-state index in [-0.39, 0.29) is 0 Å². The molecular weight excluding hydrogens is 220 g/mol. The number of aryl methyl sites for hydroxylation is 1. The largest absolute Gasteiger partial charge is 0.299 e. The fourth-order valence-corrected chi connectivity index (χ4v) is 2.78. The van der Waals surface area contributed by atoms with Crippen LogP contribution in [0.2, 0.25) is 5.02 Å². The van der Waals surface area contributed by atoms with E-state index in [9.17, 15) is 0 Å². The number of likely N-dealkylation sites (tertiary alicyclic amines) is 1. The Labute approximate surface area is 102 Å². The van der Waals surface area contributed by atoms with E-state index >= 15 is 0 Å². The van der Waals surface area contributed by atoms with E-state index in [2.05, 4.69) is 23.5 Å². The number of hydrogen-bond donors (Lipinski definition) is 0. The van der Waals surface area contributed by atoms with E-state index in [1.807, 2.05) is 13.1 Å². The molecule has 1 aliphatic rings. The second-order valence-electron chi connectivity index (χ2n) is 4.48. The SMILES string of the molecule is C=C(c1c(C)cncc1Cl)C1CCCN1C. The zero-order valence-corrected chi connectivity index (χ0v) is 10.6. The lowest BCUT2D eigenvalue weighted by Gasteiger charge is -2.23. The van der Waals surface area contributed by atoms with Gasteiger partial charge in [-0.3, -0.25) is 9.88 Å². The molecule has 0 spiro atoms. The van der Waals surface area contributed by atoms with Gasteiger partial charge in [0.05, 0.1) is 5.02 Å². The summed E-state index contributed by atoms with van der Waals surface area (Å²) in [7, 11) is 2.15. The van der Waals surface area contributed by atoms with Crippen LogP contribution in [0.1, 0.15) is 24.0 Å². The van der Waals surface area contributed by atoms with Gasteiger partial charge in [-0.25, -0.2) is 0 Å². The number of likely N-dealkylation sites (N-methyl/N-ethyl adjacent to an activating group) is 1. The average molecular weight is 237 g/mol. The third kappa shape index (κ3) is 2.00. The summed E-state index contributed by atoms with van der Waals surface area (Å²) in [5.41, 5.74) is 3.32. The first-order chi connectivity index (χ1) is 7.61. The van der Waals surface area contributed by atoms with Crippen LogP contribution in [0.15, 0.2) is 19.0 Å². The molecule has 1 fully saturated rings. The van der Waals surface area contributed by atoms with E-state index in [1.54, 1.807) is 6.20 Å². The molecule has 1 unspecified atom stereocenters. The predicted molar refractivity (Wildman–Crippen MR) is 68.7 cm³/mol. The number of rotatable bonds is 2. The van der Waals surface area contributed by atoms with E-state index in [0.29, 0.717) is 11.1 Å². The molecule has 86 valence electrons. The molecule has 0 bridgehead atoms. The lowest BCUT2D eigenvalue weighted by Crippen LogP contribution is -2.26. The van der Waals surface area contributed by atoms with Crippen LogP contribution < -0.4 is 0 Å². The van der Waals surface area contributed by atoms with Crippen molar-refractivity contribution in [3.05, 3.63) is 35.1 Å². The summed E-state index contributed by atoms with van der Waals surface area (Å²) in [4.78, 5) is 6.43. The van der Waals surface area contributed by atoms with Crippen molar-refractivity contribution in [2.24, 2.45) is 0 Å². The molecule has 1 aliphatic heterocycles. The third-order valence-corrected chi connectivity index (χ3v) is 3.62. The minimum Gasteiger partial charge on any atom is -0.299 e. The maximum Gasteiger partial charge on any atom is 0.0667 e. The minimum atomic E-state index is 0.429. The van der Waals surface area contributed by atoms with Crippen LogP contribution in [0.25, 0.3) is 5.57 Å². The highest BCUT2D eigenvalue weighted by molar-refractivity contribution is 6.32. The molecule has 3 heteroatoms. The van der Waals surface area contributed by atoms with Crippen LogP contribution in [-0.4, -0.2) is 29.5 Å². The van der Waals surface area contributed by atoms with Crippen LogP contribution in [-0.2, 0) is 0 Å². The number of pyridine rings is 1. The molecular formula is C13H17ClN2. The molecule has 0 aliphatic carbocycles. The van der Waals surface area contributed by atoms with Crippen molar-refractivity contribution in [2.75, 3.05) is 13.6 Å². The first kappa shape index (κ1) is 11.6. The summed E-state index contributed by atoms with van der Waals surface area (Å²) in [6.07, 6.45) is 5.96. The smallest absolute Gasteiger partial charge is 0.0667 e. The standard InChI is InChI=1S/C13H17ClN2/c1-9-7-15-8-11(14)13(9)10(2)12-5-4-6-16(12)3/h7-8,12H,2,4-6H2,1,3H3. The maximum atomic E-state index is 6.21. The Hall–Kier alpha value is -0.860. The Morgan fingerprint density at radius 2 is 2.31 bits per heavy atom. The van der Waals surface area contributed by atoms with Crippen molar-refractivity contribution in [1.82, 2.24) is 9.88 Å². The fourth-order valence-electron chi connectivity index (χ4n) is 2.46. The topological polar surface area (TPSA) is 16.1 Å². The van der Waals surface area contributed by atoms with Crippen LogP contribution in [0.3, 0.4) is 0 Å². The van der Waals surface area contributed by atoms with Crippen LogP contribution >= 0.6 is 11.6 Å². The highest BCUT2D eigenvalue weighted by Crippen LogP contribution is 2.33. The van der Waals surface area contributed by atoms with Gasteiger partial charge in [0.2, 0.25) is 0 Å². The first-order valence-corrected chi connectivity index (χ1v) is 5.98. The summed E-state index contributed by atoms with van der Waals surface area (Å²) in [5, 5.41) is 0.713. The number of nitrogens with zero attached hydrogens (tertiary/aromatic N) is 2. The maximum absolute atomic E-state index is 6.21. The summed E-state index contributed by atoms with van der Waals surface area (Å²) >= 11 is 6.21. The van der Waals surface area contributed by atoms with Gasteiger partial charge in [-0.1, -0.05) is 18.2 Å². The summed E-state index contributed by atoms with van der Waals surface area (Å²) in [6, 6.07) is 0.429. The Kier molecular flexibility index (Phi) is 3.31. The highest BCUT2D eigenvalue weighted by Gasteiger charge is 2.25. The molecule has 1 aromatic heterocycles. The van der Waals surface area contributed by atoms with Gasteiger partial charge >= 0.3 is 0 Å². The third-order valence-electron chi connectivity index (χ3n) is 3.33. The van der Waals surface area contributed by atoms with Crippen molar-refractivity contribution in [1.29, 1.82) is 0 Å². The van der Waals surface area contributed by atoms with Gasteiger partial charge in [-0.05, 0) is 44.5 Å². The van der Waals surface area contributed by atoms with E-state index in [1.165, 1.54) is 12.8 Å². The zero-order chi connectivity index (χ0) is 11.7. The van der Waals surface area contributed by atoms with Crippen molar-refractivity contribution >= 4 is 17.2 Å². The molecule has 0 amide bonds. The van der Waals surface area contributed by atoms with Gasteiger partial charge in [0.15, 0.2) is 0 Å². The molecule has 0 saturated carbocycles. The Balaban J connectivity index is 2.33.